The van der Waals surface area contributed by atoms with E-state index in [1.165, 1.54) is 0 Å². The first-order valence-electron chi connectivity index (χ1n) is 7.84. The standard InChI is InChI=1S/C17H15F3N4O/c18-17(19,20)13-10-22-16(23-14-8-4-1-5-11(14)9-21)24-15(13)25-12-6-2-3-7-12/h1,4-5,8,10,12H,2-3,6-7H2,(H,22,23,24). The van der Waals surface area contributed by atoms with Crippen LogP contribution in [0.3, 0.4) is 0 Å². The Kier molecular flexibility index (Phi) is 4.74. The van der Waals surface area contributed by atoms with Crippen molar-refractivity contribution in [1.82, 2.24) is 9.97 Å². The van der Waals surface area contributed by atoms with Gasteiger partial charge in [-0.25, -0.2) is 4.98 Å². The van der Waals surface area contributed by atoms with E-state index in [0.29, 0.717) is 30.3 Å². The van der Waals surface area contributed by atoms with Crippen LogP contribution < -0.4 is 10.1 Å². The molecule has 2 aromatic rings. The van der Waals surface area contributed by atoms with Crippen LogP contribution >= 0.6 is 0 Å². The zero-order valence-corrected chi connectivity index (χ0v) is 13.2. The molecule has 3 rings (SSSR count). The molecule has 25 heavy (non-hydrogen) atoms. The van der Waals surface area contributed by atoms with Gasteiger partial charge in [0.15, 0.2) is 0 Å². The van der Waals surface area contributed by atoms with Crippen molar-refractivity contribution in [2.24, 2.45) is 0 Å². The van der Waals surface area contributed by atoms with E-state index in [1.54, 1.807) is 24.3 Å². The lowest BCUT2D eigenvalue weighted by molar-refractivity contribution is -0.139. The number of nitrogens with one attached hydrogen (secondary N) is 1. The minimum Gasteiger partial charge on any atom is -0.474 e. The van der Waals surface area contributed by atoms with E-state index >= 15 is 0 Å². The molecule has 0 bridgehead atoms. The second-order valence-corrected chi connectivity index (χ2v) is 5.72. The second-order valence-electron chi connectivity index (χ2n) is 5.72. The Labute approximate surface area is 142 Å². The molecule has 8 heteroatoms. The van der Waals surface area contributed by atoms with E-state index in [0.717, 1.165) is 12.8 Å². The Morgan fingerprint density at radius 2 is 1.92 bits per heavy atom. The molecule has 0 aliphatic heterocycles. The van der Waals surface area contributed by atoms with Gasteiger partial charge in [0.1, 0.15) is 17.7 Å². The summed E-state index contributed by atoms with van der Waals surface area (Å²) in [5.74, 6) is -0.532. The third kappa shape index (κ3) is 3.99. The summed E-state index contributed by atoms with van der Waals surface area (Å²) in [6, 6.07) is 8.59. The largest absolute Gasteiger partial charge is 0.474 e. The number of rotatable bonds is 4. The molecular formula is C17H15F3N4O. The maximum absolute atomic E-state index is 13.2. The molecule has 0 saturated heterocycles. The van der Waals surface area contributed by atoms with Gasteiger partial charge in [-0.05, 0) is 37.8 Å². The molecule has 1 fully saturated rings. The maximum Gasteiger partial charge on any atom is 0.423 e. The molecule has 5 nitrogen and oxygen atoms in total. The van der Waals surface area contributed by atoms with Gasteiger partial charge in [-0.2, -0.15) is 23.4 Å². The van der Waals surface area contributed by atoms with Crippen molar-refractivity contribution in [1.29, 1.82) is 5.26 Å². The quantitative estimate of drug-likeness (QED) is 0.885. The van der Waals surface area contributed by atoms with Gasteiger partial charge in [-0.15, -0.1) is 0 Å². The summed E-state index contributed by atoms with van der Waals surface area (Å²) in [6.07, 6.45) is -0.890. The van der Waals surface area contributed by atoms with Crippen LogP contribution in [0.15, 0.2) is 30.5 Å². The van der Waals surface area contributed by atoms with Gasteiger partial charge in [0, 0.05) is 6.20 Å². The first-order valence-corrected chi connectivity index (χ1v) is 7.84. The maximum atomic E-state index is 13.2. The number of nitrogens with zero attached hydrogens (tertiary/aromatic N) is 3. The molecule has 1 aliphatic rings. The molecule has 1 saturated carbocycles. The molecular weight excluding hydrogens is 333 g/mol. The van der Waals surface area contributed by atoms with E-state index in [-0.39, 0.29) is 12.1 Å². The van der Waals surface area contributed by atoms with E-state index in [4.69, 9.17) is 10.00 Å². The first kappa shape index (κ1) is 17.0. The van der Waals surface area contributed by atoms with Gasteiger partial charge in [0.25, 0.3) is 0 Å². The fraction of sp³-hybridized carbons (Fsp3) is 0.353. The zero-order chi connectivity index (χ0) is 17.9. The molecule has 0 radical (unpaired) electrons. The summed E-state index contributed by atoms with van der Waals surface area (Å²) in [6.45, 7) is 0. The number of para-hydroxylation sites is 1. The Morgan fingerprint density at radius 3 is 2.60 bits per heavy atom. The lowest BCUT2D eigenvalue weighted by Gasteiger charge is -2.17. The lowest BCUT2D eigenvalue weighted by Crippen LogP contribution is -2.18. The van der Waals surface area contributed by atoms with Crippen molar-refractivity contribution in [3.63, 3.8) is 0 Å². The van der Waals surface area contributed by atoms with Crippen molar-refractivity contribution in [2.45, 2.75) is 38.0 Å². The van der Waals surface area contributed by atoms with Gasteiger partial charge in [-0.3, -0.25) is 0 Å². The summed E-state index contributed by atoms with van der Waals surface area (Å²) in [5, 5.41) is 11.9. The van der Waals surface area contributed by atoms with Crippen LogP contribution in [0.4, 0.5) is 24.8 Å². The summed E-state index contributed by atoms with van der Waals surface area (Å²) < 4.78 is 45.0. The van der Waals surface area contributed by atoms with Gasteiger partial charge >= 0.3 is 6.18 Å². The second kappa shape index (κ2) is 6.97. The monoisotopic (exact) mass is 348 g/mol. The van der Waals surface area contributed by atoms with Crippen molar-refractivity contribution in [2.75, 3.05) is 5.32 Å². The Bertz CT molecular complexity index is 795. The third-order valence-corrected chi connectivity index (χ3v) is 3.93. The molecule has 1 aliphatic carbocycles. The smallest absolute Gasteiger partial charge is 0.423 e. The minimum atomic E-state index is -4.60. The van der Waals surface area contributed by atoms with Crippen LogP contribution in [0.5, 0.6) is 5.88 Å². The number of halogens is 3. The molecule has 1 heterocycles. The van der Waals surface area contributed by atoms with Crippen molar-refractivity contribution in [3.05, 3.63) is 41.6 Å². The van der Waals surface area contributed by atoms with Crippen LogP contribution in [0, 0.1) is 11.3 Å². The third-order valence-electron chi connectivity index (χ3n) is 3.93. The van der Waals surface area contributed by atoms with E-state index in [9.17, 15) is 13.2 Å². The molecule has 1 N–H and O–H groups in total. The Balaban J connectivity index is 1.91. The predicted molar refractivity (Wildman–Crippen MR) is 84.4 cm³/mol. The molecule has 130 valence electrons. The van der Waals surface area contributed by atoms with Gasteiger partial charge < -0.3 is 10.1 Å². The molecule has 0 atom stereocenters. The van der Waals surface area contributed by atoms with Crippen molar-refractivity contribution < 1.29 is 17.9 Å². The van der Waals surface area contributed by atoms with Crippen LogP contribution in [0.2, 0.25) is 0 Å². The number of ether oxygens (including phenoxy) is 1. The van der Waals surface area contributed by atoms with Crippen LogP contribution in [0.1, 0.15) is 36.8 Å². The Hall–Kier alpha value is -2.82. The summed E-state index contributed by atoms with van der Waals surface area (Å²) >= 11 is 0. The number of anilines is 2. The molecule has 0 unspecified atom stereocenters. The van der Waals surface area contributed by atoms with E-state index in [1.807, 2.05) is 6.07 Å². The fourth-order valence-corrected chi connectivity index (χ4v) is 2.68. The highest BCUT2D eigenvalue weighted by Gasteiger charge is 2.37. The highest BCUT2D eigenvalue weighted by Crippen LogP contribution is 2.37. The SMILES string of the molecule is N#Cc1ccccc1Nc1ncc(C(F)(F)F)c(OC2CCCC2)n1. The minimum absolute atomic E-state index is 0.0521. The van der Waals surface area contributed by atoms with E-state index < -0.39 is 17.6 Å². The molecule has 0 amide bonds. The Morgan fingerprint density at radius 1 is 1.20 bits per heavy atom. The van der Waals surface area contributed by atoms with Crippen LogP contribution in [-0.4, -0.2) is 16.1 Å². The summed E-state index contributed by atoms with van der Waals surface area (Å²) in [7, 11) is 0. The highest BCUT2D eigenvalue weighted by molar-refractivity contribution is 5.63. The number of nitriles is 1. The molecule has 1 aromatic heterocycles. The average molecular weight is 348 g/mol. The topological polar surface area (TPSA) is 70.8 Å². The number of hydrogen-bond donors (Lipinski definition) is 1. The average Bonchev–Trinajstić information content (AvgIpc) is 3.07. The number of benzene rings is 1. The van der Waals surface area contributed by atoms with Crippen molar-refractivity contribution in [3.8, 4) is 11.9 Å². The van der Waals surface area contributed by atoms with Gasteiger partial charge in [0.05, 0.1) is 11.3 Å². The van der Waals surface area contributed by atoms with E-state index in [2.05, 4.69) is 15.3 Å². The highest BCUT2D eigenvalue weighted by atomic mass is 19.4. The molecule has 0 spiro atoms. The van der Waals surface area contributed by atoms with Gasteiger partial charge in [-0.1, -0.05) is 12.1 Å². The first-order chi connectivity index (χ1) is 12.0. The summed E-state index contributed by atoms with van der Waals surface area (Å²) in [5.41, 5.74) is -0.251. The normalized spacial score (nSPS) is 15.0. The lowest BCUT2D eigenvalue weighted by atomic mass is 10.2. The zero-order valence-electron chi connectivity index (χ0n) is 13.2. The number of hydrogen-bond acceptors (Lipinski definition) is 5. The number of aromatic nitrogens is 2. The van der Waals surface area contributed by atoms with Crippen molar-refractivity contribution >= 4 is 11.6 Å². The van der Waals surface area contributed by atoms with Crippen LogP contribution in [0.25, 0.3) is 0 Å². The fourth-order valence-electron chi connectivity index (χ4n) is 2.68. The number of alkyl halides is 3. The molecule has 1 aromatic carbocycles. The van der Waals surface area contributed by atoms with Crippen LogP contribution in [-0.2, 0) is 6.18 Å². The predicted octanol–water partition coefficient (Wildman–Crippen LogP) is 4.43. The summed E-state index contributed by atoms with van der Waals surface area (Å²) in [4.78, 5) is 7.62. The van der Waals surface area contributed by atoms with Gasteiger partial charge in [0.2, 0.25) is 11.8 Å².